The lowest BCUT2D eigenvalue weighted by molar-refractivity contribution is -0.106. The number of nitrogens with one attached hydrogen (secondary N) is 1. The maximum absolute atomic E-state index is 9.06. The Bertz CT molecular complexity index is 811. The van der Waals surface area contributed by atoms with E-state index in [-0.39, 0.29) is 13.0 Å². The summed E-state index contributed by atoms with van der Waals surface area (Å²) in [5.41, 5.74) is 7.36. The first-order chi connectivity index (χ1) is 15.2. The fourth-order valence-electron chi connectivity index (χ4n) is 3.39. The number of thioether (sulfide) groups is 1. The number of nitrogens with two attached hydrogens (primary N) is 1. The van der Waals surface area contributed by atoms with Gasteiger partial charge in [-0.1, -0.05) is 0 Å². The average Bonchev–Trinajstić information content (AvgIpc) is 2.78. The summed E-state index contributed by atoms with van der Waals surface area (Å²) in [6, 6.07) is 11.2. The number of nitrogens with zero attached hydrogens (tertiary/aromatic N) is 3. The van der Waals surface area contributed by atoms with Gasteiger partial charge in [-0.15, -0.1) is 0 Å². The van der Waals surface area contributed by atoms with E-state index in [1.807, 2.05) is 0 Å². The average molecular weight is 446 g/mol. The van der Waals surface area contributed by atoms with Crippen LogP contribution < -0.4 is 16.0 Å². The van der Waals surface area contributed by atoms with Crippen molar-refractivity contribution in [3.05, 3.63) is 36.0 Å². The van der Waals surface area contributed by atoms with Crippen molar-refractivity contribution in [3.8, 4) is 11.4 Å². The Hall–Kier alpha value is -2.36. The number of aliphatic hydroxyl groups excluding tert-OH is 1. The number of carbonyl (C=O) groups is 1. The molecule has 1 aromatic heterocycles. The highest BCUT2D eigenvalue weighted by Crippen LogP contribution is 2.26. The summed E-state index contributed by atoms with van der Waals surface area (Å²) in [6.45, 7) is 3.35. The number of hydrogen-bond donors (Lipinski definition) is 3. The summed E-state index contributed by atoms with van der Waals surface area (Å²) < 4.78 is 5.48. The SMILES string of the molecule is NC=O.OCCSCc1cc(N2CCOCC2)nc(-c2ccc(NC3CCC3)cc2)n1. The van der Waals surface area contributed by atoms with Gasteiger partial charge >= 0.3 is 0 Å². The standard InChI is InChI=1S/C21H28N4O2S.CH3NO/c26-10-13-28-15-19-14-20(25-8-11-27-12-9-25)24-21(23-19)16-4-6-18(7-5-16)22-17-2-1-3-17;2-1-3/h4-7,14,17,22,26H,1-3,8-13,15H2;1H,(H2,2,3). The molecular formula is C22H31N5O3S. The van der Waals surface area contributed by atoms with Crippen molar-refractivity contribution in [1.82, 2.24) is 9.97 Å². The smallest absolute Gasteiger partial charge is 0.204 e. The molecule has 1 aromatic carbocycles. The van der Waals surface area contributed by atoms with Crippen LogP contribution in [0.15, 0.2) is 30.3 Å². The third kappa shape index (κ3) is 7.09. The van der Waals surface area contributed by atoms with Crippen LogP contribution in [0.1, 0.15) is 25.0 Å². The van der Waals surface area contributed by atoms with Gasteiger partial charge in [0.25, 0.3) is 0 Å². The largest absolute Gasteiger partial charge is 0.396 e. The van der Waals surface area contributed by atoms with Gasteiger partial charge < -0.3 is 25.8 Å². The van der Waals surface area contributed by atoms with E-state index in [4.69, 9.17) is 24.6 Å². The Morgan fingerprint density at radius 3 is 2.55 bits per heavy atom. The number of benzene rings is 1. The third-order valence-corrected chi connectivity index (χ3v) is 6.18. The molecule has 0 radical (unpaired) electrons. The third-order valence-electron chi connectivity index (χ3n) is 5.21. The summed E-state index contributed by atoms with van der Waals surface area (Å²) in [5, 5.41) is 12.6. The van der Waals surface area contributed by atoms with Crippen molar-refractivity contribution in [3.63, 3.8) is 0 Å². The molecule has 2 aliphatic rings. The quantitative estimate of drug-likeness (QED) is 0.419. The van der Waals surface area contributed by atoms with Gasteiger partial charge in [0.05, 0.1) is 25.5 Å². The van der Waals surface area contributed by atoms with E-state index in [0.29, 0.717) is 11.8 Å². The first-order valence-corrected chi connectivity index (χ1v) is 11.8. The number of morpholine rings is 1. The predicted octanol–water partition coefficient (Wildman–Crippen LogP) is 2.27. The molecule has 4 N–H and O–H groups in total. The number of aliphatic hydroxyl groups is 1. The number of primary amides is 1. The number of aromatic nitrogens is 2. The highest BCUT2D eigenvalue weighted by atomic mass is 32.2. The minimum absolute atomic E-state index is 0.189. The summed E-state index contributed by atoms with van der Waals surface area (Å²) in [7, 11) is 0. The second-order valence-electron chi connectivity index (χ2n) is 7.40. The molecule has 2 fully saturated rings. The van der Waals surface area contributed by atoms with Crippen molar-refractivity contribution in [2.45, 2.75) is 31.1 Å². The van der Waals surface area contributed by atoms with Gasteiger partial charge in [0.15, 0.2) is 5.82 Å². The number of carbonyl (C=O) groups excluding carboxylic acids is 1. The highest BCUT2D eigenvalue weighted by molar-refractivity contribution is 7.98. The molecule has 1 saturated carbocycles. The van der Waals surface area contributed by atoms with E-state index in [1.165, 1.54) is 19.3 Å². The summed E-state index contributed by atoms with van der Waals surface area (Å²) in [6.07, 6.45) is 4.11. The number of hydrogen-bond acceptors (Lipinski definition) is 8. The Morgan fingerprint density at radius 1 is 1.23 bits per heavy atom. The van der Waals surface area contributed by atoms with Gasteiger partial charge in [-0.3, -0.25) is 4.79 Å². The monoisotopic (exact) mass is 445 g/mol. The van der Waals surface area contributed by atoms with E-state index < -0.39 is 0 Å². The Morgan fingerprint density at radius 2 is 1.94 bits per heavy atom. The minimum Gasteiger partial charge on any atom is -0.396 e. The molecule has 9 heteroatoms. The van der Waals surface area contributed by atoms with Crippen LogP contribution in [-0.2, 0) is 15.3 Å². The van der Waals surface area contributed by atoms with Crippen molar-refractivity contribution < 1.29 is 14.6 Å². The van der Waals surface area contributed by atoms with Crippen molar-refractivity contribution >= 4 is 29.7 Å². The van der Waals surface area contributed by atoms with E-state index in [0.717, 1.165) is 60.6 Å². The first-order valence-electron chi connectivity index (χ1n) is 10.6. The molecule has 1 aliphatic heterocycles. The van der Waals surface area contributed by atoms with E-state index in [9.17, 15) is 0 Å². The fraction of sp³-hybridized carbons (Fsp3) is 0.500. The molecule has 4 rings (SSSR count). The normalized spacial score (nSPS) is 16.1. The molecule has 0 spiro atoms. The molecule has 168 valence electrons. The predicted molar refractivity (Wildman–Crippen MR) is 125 cm³/mol. The lowest BCUT2D eigenvalue weighted by Crippen LogP contribution is -2.37. The molecular weight excluding hydrogens is 414 g/mol. The van der Waals surface area contributed by atoms with Crippen LogP contribution in [0.25, 0.3) is 11.4 Å². The zero-order chi connectivity index (χ0) is 21.9. The Labute approximate surface area is 187 Å². The summed E-state index contributed by atoms with van der Waals surface area (Å²) >= 11 is 1.69. The van der Waals surface area contributed by atoms with Crippen LogP contribution in [0.4, 0.5) is 11.5 Å². The van der Waals surface area contributed by atoms with Crippen LogP contribution in [0.2, 0.25) is 0 Å². The summed E-state index contributed by atoms with van der Waals surface area (Å²) in [4.78, 5) is 20.5. The van der Waals surface area contributed by atoms with Crippen LogP contribution in [0.3, 0.4) is 0 Å². The van der Waals surface area contributed by atoms with Gasteiger partial charge in [0, 0.05) is 48.0 Å². The molecule has 8 nitrogen and oxygen atoms in total. The van der Waals surface area contributed by atoms with Gasteiger partial charge in [0.1, 0.15) is 5.82 Å². The van der Waals surface area contributed by atoms with E-state index in [1.54, 1.807) is 11.8 Å². The zero-order valence-corrected chi connectivity index (χ0v) is 18.5. The number of rotatable bonds is 8. The Balaban J connectivity index is 0.000000858. The van der Waals surface area contributed by atoms with Gasteiger partial charge in [-0.25, -0.2) is 9.97 Å². The lowest BCUT2D eigenvalue weighted by atomic mass is 9.93. The molecule has 1 amide bonds. The molecule has 0 atom stereocenters. The van der Waals surface area contributed by atoms with Crippen LogP contribution >= 0.6 is 11.8 Å². The zero-order valence-electron chi connectivity index (χ0n) is 17.7. The maximum atomic E-state index is 9.06. The molecule has 1 saturated heterocycles. The molecule has 31 heavy (non-hydrogen) atoms. The molecule has 2 heterocycles. The van der Waals surface area contributed by atoms with E-state index in [2.05, 4.69) is 46.3 Å². The number of amides is 1. The molecule has 0 unspecified atom stereocenters. The maximum Gasteiger partial charge on any atom is 0.204 e. The molecule has 1 aliphatic carbocycles. The minimum atomic E-state index is 0.189. The molecule has 0 bridgehead atoms. The first kappa shape index (κ1) is 23.3. The number of ether oxygens (including phenoxy) is 1. The second kappa shape index (κ2) is 12.5. The number of anilines is 2. The van der Waals surface area contributed by atoms with E-state index >= 15 is 0 Å². The second-order valence-corrected chi connectivity index (χ2v) is 8.51. The van der Waals surface area contributed by atoms with Gasteiger partial charge in [0.2, 0.25) is 6.41 Å². The van der Waals surface area contributed by atoms with Crippen LogP contribution in [-0.4, -0.2) is 66.2 Å². The van der Waals surface area contributed by atoms with Crippen LogP contribution in [0, 0.1) is 0 Å². The van der Waals surface area contributed by atoms with Crippen LogP contribution in [0.5, 0.6) is 0 Å². The van der Waals surface area contributed by atoms with Crippen molar-refractivity contribution in [2.75, 3.05) is 48.9 Å². The molecule has 2 aromatic rings. The Kier molecular flexibility index (Phi) is 9.39. The van der Waals surface area contributed by atoms with Gasteiger partial charge in [-0.2, -0.15) is 11.8 Å². The lowest BCUT2D eigenvalue weighted by Gasteiger charge is -2.28. The summed E-state index contributed by atoms with van der Waals surface area (Å²) in [5.74, 6) is 3.21. The van der Waals surface area contributed by atoms with Crippen molar-refractivity contribution in [1.29, 1.82) is 0 Å². The van der Waals surface area contributed by atoms with Crippen molar-refractivity contribution in [2.24, 2.45) is 5.73 Å². The fourth-order valence-corrected chi connectivity index (χ4v) is 4.02. The van der Waals surface area contributed by atoms with Gasteiger partial charge in [-0.05, 0) is 43.5 Å². The highest BCUT2D eigenvalue weighted by Gasteiger charge is 2.18. The topological polar surface area (TPSA) is 114 Å².